The van der Waals surface area contributed by atoms with E-state index in [0.29, 0.717) is 49.7 Å². The van der Waals surface area contributed by atoms with Crippen molar-refractivity contribution in [1.29, 1.82) is 0 Å². The summed E-state index contributed by atoms with van der Waals surface area (Å²) in [5.41, 5.74) is 0.257. The molecule has 178 valence electrons. The van der Waals surface area contributed by atoms with E-state index in [1.54, 1.807) is 24.3 Å². The Bertz CT molecular complexity index is 958. The molecule has 2 N–H and O–H groups in total. The molecule has 1 aliphatic heterocycles. The normalized spacial score (nSPS) is 14.0. The minimum Gasteiger partial charge on any atom is -0.497 e. The number of rotatable bonds is 8. The Morgan fingerprint density at radius 2 is 1.79 bits per heavy atom. The van der Waals surface area contributed by atoms with Crippen molar-refractivity contribution in [2.24, 2.45) is 0 Å². The number of hydrogen-bond donors (Lipinski definition) is 2. The molecule has 0 aromatic heterocycles. The van der Waals surface area contributed by atoms with Crippen molar-refractivity contribution in [3.8, 4) is 5.75 Å². The van der Waals surface area contributed by atoms with Crippen LogP contribution in [-0.2, 0) is 15.7 Å². The molecule has 7 nitrogen and oxygen atoms in total. The molecule has 33 heavy (non-hydrogen) atoms. The standard InChI is InChI=1S/C23H26F3N3O4/c1-32-18-7-4-16(5-8-18)22(31)27-10-2-3-21(30)28-19-15-17(23(24,25)26)6-9-20(19)29-11-13-33-14-12-29/h4-9,15H,2-3,10-14H2,1H3,(H,27,31)(H,28,30). The van der Waals surface area contributed by atoms with Gasteiger partial charge in [0.1, 0.15) is 5.75 Å². The van der Waals surface area contributed by atoms with Crippen LogP contribution in [0.3, 0.4) is 0 Å². The predicted molar refractivity (Wildman–Crippen MR) is 118 cm³/mol. The van der Waals surface area contributed by atoms with Gasteiger partial charge in [0.05, 0.1) is 37.3 Å². The summed E-state index contributed by atoms with van der Waals surface area (Å²) in [6.07, 6.45) is -4.14. The van der Waals surface area contributed by atoms with Crippen molar-refractivity contribution >= 4 is 23.2 Å². The Balaban J connectivity index is 1.56. The van der Waals surface area contributed by atoms with Crippen molar-refractivity contribution in [3.05, 3.63) is 53.6 Å². The Kier molecular flexibility index (Phi) is 8.16. The Labute approximate surface area is 189 Å². The van der Waals surface area contributed by atoms with Crippen LogP contribution in [0.15, 0.2) is 42.5 Å². The maximum absolute atomic E-state index is 13.2. The van der Waals surface area contributed by atoms with Gasteiger partial charge in [0, 0.05) is 31.6 Å². The fourth-order valence-corrected chi connectivity index (χ4v) is 3.40. The van der Waals surface area contributed by atoms with Crippen molar-refractivity contribution < 1.29 is 32.2 Å². The van der Waals surface area contributed by atoms with Crippen LogP contribution < -0.4 is 20.3 Å². The Morgan fingerprint density at radius 1 is 1.09 bits per heavy atom. The number of carbonyl (C=O) groups is 2. The lowest BCUT2D eigenvalue weighted by Gasteiger charge is -2.31. The van der Waals surface area contributed by atoms with E-state index in [1.165, 1.54) is 13.2 Å². The summed E-state index contributed by atoms with van der Waals surface area (Å²) < 4.78 is 49.9. The molecule has 0 bridgehead atoms. The fraction of sp³-hybridized carbons (Fsp3) is 0.391. The van der Waals surface area contributed by atoms with Crippen LogP contribution in [0.5, 0.6) is 5.75 Å². The van der Waals surface area contributed by atoms with E-state index in [0.717, 1.165) is 12.1 Å². The zero-order valence-electron chi connectivity index (χ0n) is 18.2. The highest BCUT2D eigenvalue weighted by Crippen LogP contribution is 2.35. The lowest BCUT2D eigenvalue weighted by atomic mass is 10.1. The molecule has 0 atom stereocenters. The van der Waals surface area contributed by atoms with E-state index in [2.05, 4.69) is 10.6 Å². The third kappa shape index (κ3) is 6.85. The number of nitrogens with zero attached hydrogens (tertiary/aromatic N) is 1. The molecule has 0 saturated carbocycles. The molecule has 10 heteroatoms. The average molecular weight is 465 g/mol. The molecule has 1 saturated heterocycles. The summed E-state index contributed by atoms with van der Waals surface area (Å²) in [6, 6.07) is 9.93. The third-order valence-corrected chi connectivity index (χ3v) is 5.17. The van der Waals surface area contributed by atoms with Gasteiger partial charge in [0.25, 0.3) is 5.91 Å². The number of methoxy groups -OCH3 is 1. The predicted octanol–water partition coefficient (Wildman–Crippen LogP) is 3.70. The van der Waals surface area contributed by atoms with Crippen LogP contribution >= 0.6 is 0 Å². The molecule has 1 aliphatic rings. The highest BCUT2D eigenvalue weighted by atomic mass is 19.4. The van der Waals surface area contributed by atoms with Crippen LogP contribution in [-0.4, -0.2) is 51.8 Å². The molecule has 1 fully saturated rings. The van der Waals surface area contributed by atoms with Crippen molar-refractivity contribution in [1.82, 2.24) is 5.32 Å². The zero-order valence-corrected chi connectivity index (χ0v) is 18.2. The van der Waals surface area contributed by atoms with Crippen molar-refractivity contribution in [3.63, 3.8) is 0 Å². The molecule has 0 radical (unpaired) electrons. The first-order valence-electron chi connectivity index (χ1n) is 10.5. The summed E-state index contributed by atoms with van der Waals surface area (Å²) in [5, 5.41) is 5.32. The van der Waals surface area contributed by atoms with Gasteiger partial charge in [-0.1, -0.05) is 0 Å². The van der Waals surface area contributed by atoms with Gasteiger partial charge in [-0.2, -0.15) is 13.2 Å². The summed E-state index contributed by atoms with van der Waals surface area (Å²) >= 11 is 0. The van der Waals surface area contributed by atoms with E-state index in [1.807, 2.05) is 4.90 Å². The van der Waals surface area contributed by atoms with Gasteiger partial charge in [-0.25, -0.2) is 0 Å². The first kappa shape index (κ1) is 24.4. The minimum absolute atomic E-state index is 0.0433. The van der Waals surface area contributed by atoms with E-state index in [4.69, 9.17) is 9.47 Å². The summed E-state index contributed by atoms with van der Waals surface area (Å²) in [7, 11) is 1.53. The highest BCUT2D eigenvalue weighted by Gasteiger charge is 2.32. The average Bonchev–Trinajstić information content (AvgIpc) is 2.81. The van der Waals surface area contributed by atoms with Crippen LogP contribution in [0.4, 0.5) is 24.5 Å². The third-order valence-electron chi connectivity index (χ3n) is 5.17. The number of ether oxygens (including phenoxy) is 2. The molecule has 0 spiro atoms. The maximum Gasteiger partial charge on any atom is 0.416 e. The van der Waals surface area contributed by atoms with Gasteiger partial charge >= 0.3 is 6.18 Å². The number of amides is 2. The first-order valence-corrected chi connectivity index (χ1v) is 10.5. The minimum atomic E-state index is -4.52. The van der Waals surface area contributed by atoms with E-state index >= 15 is 0 Å². The number of benzene rings is 2. The second-order valence-electron chi connectivity index (χ2n) is 7.47. The van der Waals surface area contributed by atoms with E-state index in [9.17, 15) is 22.8 Å². The summed E-state index contributed by atoms with van der Waals surface area (Å²) in [5.74, 6) is -0.0812. The number of morpholine rings is 1. The Hall–Kier alpha value is -3.27. The largest absolute Gasteiger partial charge is 0.497 e. The number of alkyl halides is 3. The SMILES string of the molecule is COc1ccc(C(=O)NCCCC(=O)Nc2cc(C(F)(F)F)ccc2N2CCOCC2)cc1. The van der Waals surface area contributed by atoms with Crippen molar-refractivity contribution in [2.75, 3.05) is 50.2 Å². The quantitative estimate of drug-likeness (QED) is 0.582. The van der Waals surface area contributed by atoms with Gasteiger partial charge in [0.15, 0.2) is 0 Å². The van der Waals surface area contributed by atoms with E-state index in [-0.39, 0.29) is 24.6 Å². The molecular weight excluding hydrogens is 439 g/mol. The molecule has 0 aliphatic carbocycles. The molecule has 0 unspecified atom stereocenters. The smallest absolute Gasteiger partial charge is 0.416 e. The van der Waals surface area contributed by atoms with Gasteiger partial charge < -0.3 is 25.0 Å². The topological polar surface area (TPSA) is 79.9 Å². The molecular formula is C23H26F3N3O4. The van der Waals surface area contributed by atoms with Gasteiger partial charge in [0.2, 0.25) is 5.91 Å². The van der Waals surface area contributed by atoms with Crippen LogP contribution in [0.1, 0.15) is 28.8 Å². The number of nitrogens with one attached hydrogen (secondary N) is 2. The molecule has 2 aromatic rings. The number of carbonyl (C=O) groups excluding carboxylic acids is 2. The summed E-state index contributed by atoms with van der Waals surface area (Å²) in [6.45, 7) is 2.21. The number of halogens is 3. The second kappa shape index (κ2) is 11.0. The van der Waals surface area contributed by atoms with Gasteiger partial charge in [-0.15, -0.1) is 0 Å². The molecule has 2 amide bonds. The zero-order chi connectivity index (χ0) is 23.8. The fourth-order valence-electron chi connectivity index (χ4n) is 3.40. The van der Waals surface area contributed by atoms with Gasteiger partial charge in [-0.3, -0.25) is 9.59 Å². The lowest BCUT2D eigenvalue weighted by Crippen LogP contribution is -2.37. The molecule has 3 rings (SSSR count). The molecule has 1 heterocycles. The van der Waals surface area contributed by atoms with Crippen LogP contribution in [0.25, 0.3) is 0 Å². The maximum atomic E-state index is 13.2. The second-order valence-corrected chi connectivity index (χ2v) is 7.47. The first-order chi connectivity index (χ1) is 15.8. The highest BCUT2D eigenvalue weighted by molar-refractivity contribution is 5.95. The Morgan fingerprint density at radius 3 is 2.42 bits per heavy atom. The monoisotopic (exact) mass is 465 g/mol. The lowest BCUT2D eigenvalue weighted by molar-refractivity contribution is -0.137. The number of hydrogen-bond acceptors (Lipinski definition) is 5. The van der Waals surface area contributed by atoms with Crippen LogP contribution in [0, 0.1) is 0 Å². The molecule has 2 aromatic carbocycles. The number of anilines is 2. The van der Waals surface area contributed by atoms with E-state index < -0.39 is 17.6 Å². The summed E-state index contributed by atoms with van der Waals surface area (Å²) in [4.78, 5) is 26.5. The van der Waals surface area contributed by atoms with Crippen molar-refractivity contribution in [2.45, 2.75) is 19.0 Å². The van der Waals surface area contributed by atoms with Crippen LogP contribution in [0.2, 0.25) is 0 Å². The van der Waals surface area contributed by atoms with Gasteiger partial charge in [-0.05, 0) is 48.9 Å².